The number of methoxy groups -OCH3 is 1. The molecule has 0 aromatic carbocycles. The lowest BCUT2D eigenvalue weighted by molar-refractivity contribution is 0.0777. The van der Waals surface area contributed by atoms with Gasteiger partial charge in [-0.1, -0.05) is 6.92 Å². The summed E-state index contributed by atoms with van der Waals surface area (Å²) in [6.07, 6.45) is 4.32. The minimum absolute atomic E-state index is 0.288. The van der Waals surface area contributed by atoms with Crippen LogP contribution in [0.3, 0.4) is 0 Å². The van der Waals surface area contributed by atoms with Crippen molar-refractivity contribution in [3.05, 3.63) is 12.3 Å². The highest BCUT2D eigenvalue weighted by Crippen LogP contribution is 2.15. The van der Waals surface area contributed by atoms with Gasteiger partial charge in [0.2, 0.25) is 0 Å². The predicted molar refractivity (Wildman–Crippen MR) is 41.7 cm³/mol. The zero-order valence-corrected chi connectivity index (χ0v) is 6.79. The molecule has 1 rings (SSSR count). The van der Waals surface area contributed by atoms with Crippen LogP contribution in [0, 0.1) is 5.92 Å². The van der Waals surface area contributed by atoms with Crippen molar-refractivity contribution in [1.82, 2.24) is 5.32 Å². The summed E-state index contributed by atoms with van der Waals surface area (Å²) in [5.74, 6) is 0.565. The molecule has 0 aromatic heterocycles. The first-order chi connectivity index (χ1) is 4.75. The first kappa shape index (κ1) is 7.61. The van der Waals surface area contributed by atoms with E-state index < -0.39 is 0 Å². The van der Waals surface area contributed by atoms with Crippen LogP contribution >= 0.6 is 0 Å². The van der Waals surface area contributed by atoms with E-state index in [2.05, 4.69) is 25.2 Å². The van der Waals surface area contributed by atoms with Crippen LogP contribution in [-0.4, -0.2) is 19.3 Å². The van der Waals surface area contributed by atoms with Crippen LogP contribution in [0.4, 0.5) is 0 Å². The largest absolute Gasteiger partial charge is 0.388 e. The third-order valence-corrected chi connectivity index (χ3v) is 2.22. The molecule has 2 nitrogen and oxygen atoms in total. The maximum atomic E-state index is 5.25. The summed E-state index contributed by atoms with van der Waals surface area (Å²) in [7, 11) is 1.75. The lowest BCUT2D eigenvalue weighted by Crippen LogP contribution is -2.39. The molecule has 1 heterocycles. The summed E-state index contributed by atoms with van der Waals surface area (Å²) in [5.41, 5.74) is 0. The number of ether oxygens (including phenoxy) is 1. The lowest BCUT2D eigenvalue weighted by Gasteiger charge is -2.29. The van der Waals surface area contributed by atoms with Gasteiger partial charge in [0.25, 0.3) is 0 Å². The van der Waals surface area contributed by atoms with E-state index in [1.807, 2.05) is 6.20 Å². The summed E-state index contributed by atoms with van der Waals surface area (Å²) in [5, 5.41) is 3.24. The van der Waals surface area contributed by atoms with E-state index in [1.54, 1.807) is 7.11 Å². The SMILES string of the molecule is COC1C=CNC(C)C1C. The Morgan fingerprint density at radius 3 is 2.60 bits per heavy atom. The highest BCUT2D eigenvalue weighted by Gasteiger charge is 2.22. The molecule has 0 fully saturated rings. The van der Waals surface area contributed by atoms with Crippen molar-refractivity contribution in [3.8, 4) is 0 Å². The monoisotopic (exact) mass is 141 g/mol. The van der Waals surface area contributed by atoms with Gasteiger partial charge in [0.05, 0.1) is 6.10 Å². The molecule has 0 aliphatic carbocycles. The van der Waals surface area contributed by atoms with Crippen LogP contribution in [0.2, 0.25) is 0 Å². The molecule has 0 amide bonds. The number of hydrogen-bond donors (Lipinski definition) is 1. The Hall–Kier alpha value is -0.500. The van der Waals surface area contributed by atoms with Gasteiger partial charge in [0.15, 0.2) is 0 Å². The van der Waals surface area contributed by atoms with Crippen LogP contribution in [0.1, 0.15) is 13.8 Å². The van der Waals surface area contributed by atoms with Gasteiger partial charge in [0.1, 0.15) is 0 Å². The molecular weight excluding hydrogens is 126 g/mol. The van der Waals surface area contributed by atoms with Crippen LogP contribution in [0.5, 0.6) is 0 Å². The molecule has 1 aliphatic rings. The summed E-state index contributed by atoms with van der Waals surface area (Å²) < 4.78 is 5.25. The van der Waals surface area contributed by atoms with E-state index in [1.165, 1.54) is 0 Å². The normalized spacial score (nSPS) is 39.3. The van der Waals surface area contributed by atoms with Crippen molar-refractivity contribution in [2.45, 2.75) is 26.0 Å². The van der Waals surface area contributed by atoms with Crippen LogP contribution in [0.25, 0.3) is 0 Å². The topological polar surface area (TPSA) is 21.3 Å². The van der Waals surface area contributed by atoms with Gasteiger partial charge >= 0.3 is 0 Å². The van der Waals surface area contributed by atoms with Gasteiger partial charge in [-0.2, -0.15) is 0 Å². The molecule has 0 bridgehead atoms. The van der Waals surface area contributed by atoms with Gasteiger partial charge in [-0.05, 0) is 19.2 Å². The summed E-state index contributed by atoms with van der Waals surface area (Å²) in [6.45, 7) is 4.36. The van der Waals surface area contributed by atoms with Crippen molar-refractivity contribution in [2.75, 3.05) is 7.11 Å². The zero-order chi connectivity index (χ0) is 7.56. The number of rotatable bonds is 1. The fourth-order valence-electron chi connectivity index (χ4n) is 1.21. The van der Waals surface area contributed by atoms with Crippen molar-refractivity contribution in [2.24, 2.45) is 5.92 Å². The Labute approximate surface area is 62.3 Å². The van der Waals surface area contributed by atoms with Crippen molar-refractivity contribution >= 4 is 0 Å². The smallest absolute Gasteiger partial charge is 0.0813 e. The Balaban J connectivity index is 2.57. The summed E-state index contributed by atoms with van der Waals surface area (Å²) in [6, 6.07) is 0.523. The third kappa shape index (κ3) is 1.32. The molecule has 0 saturated carbocycles. The standard InChI is InChI=1S/C8H15NO/c1-6-7(2)9-5-4-8(6)10-3/h4-9H,1-3H3. The first-order valence-corrected chi connectivity index (χ1v) is 3.71. The molecule has 10 heavy (non-hydrogen) atoms. The minimum Gasteiger partial charge on any atom is -0.388 e. The Morgan fingerprint density at radius 1 is 1.40 bits per heavy atom. The maximum absolute atomic E-state index is 5.25. The van der Waals surface area contributed by atoms with Crippen LogP contribution in [-0.2, 0) is 4.74 Å². The highest BCUT2D eigenvalue weighted by atomic mass is 16.5. The number of hydrogen-bond acceptors (Lipinski definition) is 2. The molecule has 1 aliphatic heterocycles. The Morgan fingerprint density at radius 2 is 2.10 bits per heavy atom. The quantitative estimate of drug-likeness (QED) is 0.591. The van der Waals surface area contributed by atoms with Gasteiger partial charge in [-0.3, -0.25) is 0 Å². The van der Waals surface area contributed by atoms with E-state index in [9.17, 15) is 0 Å². The molecular formula is C8H15NO. The molecule has 1 N–H and O–H groups in total. The van der Waals surface area contributed by atoms with Crippen LogP contribution < -0.4 is 5.32 Å². The fourth-order valence-corrected chi connectivity index (χ4v) is 1.21. The van der Waals surface area contributed by atoms with E-state index >= 15 is 0 Å². The van der Waals surface area contributed by atoms with Gasteiger partial charge in [-0.25, -0.2) is 0 Å². The van der Waals surface area contributed by atoms with Crippen molar-refractivity contribution in [1.29, 1.82) is 0 Å². The van der Waals surface area contributed by atoms with E-state index in [0.717, 1.165) is 0 Å². The van der Waals surface area contributed by atoms with Crippen LogP contribution in [0.15, 0.2) is 12.3 Å². The third-order valence-electron chi connectivity index (χ3n) is 2.22. The molecule has 0 saturated heterocycles. The summed E-state index contributed by atoms with van der Waals surface area (Å²) >= 11 is 0. The average Bonchev–Trinajstić information content (AvgIpc) is 1.95. The average molecular weight is 141 g/mol. The van der Waals surface area contributed by atoms with E-state index in [4.69, 9.17) is 4.74 Å². The molecule has 58 valence electrons. The fraction of sp³-hybridized carbons (Fsp3) is 0.750. The lowest BCUT2D eigenvalue weighted by atomic mass is 9.94. The number of nitrogens with one attached hydrogen (secondary N) is 1. The molecule has 0 spiro atoms. The maximum Gasteiger partial charge on any atom is 0.0813 e. The molecule has 2 heteroatoms. The second kappa shape index (κ2) is 3.06. The first-order valence-electron chi connectivity index (χ1n) is 3.71. The molecule has 3 unspecified atom stereocenters. The molecule has 0 aromatic rings. The second-order valence-corrected chi connectivity index (χ2v) is 2.87. The van der Waals surface area contributed by atoms with Gasteiger partial charge < -0.3 is 10.1 Å². The Kier molecular flexibility index (Phi) is 2.33. The van der Waals surface area contributed by atoms with Crippen molar-refractivity contribution in [3.63, 3.8) is 0 Å². The molecule has 0 radical (unpaired) electrons. The zero-order valence-electron chi connectivity index (χ0n) is 6.79. The predicted octanol–water partition coefficient (Wildman–Crippen LogP) is 1.14. The second-order valence-electron chi connectivity index (χ2n) is 2.87. The Bertz CT molecular complexity index is 133. The molecule has 3 atom stereocenters. The van der Waals surface area contributed by atoms with Gasteiger partial charge in [-0.15, -0.1) is 0 Å². The van der Waals surface area contributed by atoms with Crippen molar-refractivity contribution < 1.29 is 4.74 Å². The van der Waals surface area contributed by atoms with E-state index in [0.29, 0.717) is 12.0 Å². The summed E-state index contributed by atoms with van der Waals surface area (Å²) in [4.78, 5) is 0. The van der Waals surface area contributed by atoms with E-state index in [-0.39, 0.29) is 6.10 Å². The van der Waals surface area contributed by atoms with Gasteiger partial charge in [0, 0.05) is 19.1 Å². The highest BCUT2D eigenvalue weighted by molar-refractivity contribution is 4.99. The minimum atomic E-state index is 0.288.